The molecule has 14 heteroatoms. The van der Waals surface area contributed by atoms with Crippen LogP contribution in [-0.4, -0.2) is 58.1 Å². The first-order valence-electron chi connectivity index (χ1n) is 13.8. The number of aliphatic imine (C=N–C) groups is 1. The van der Waals surface area contributed by atoms with Gasteiger partial charge >= 0.3 is 12.4 Å². The Kier molecular flexibility index (Phi) is 8.87. The molecule has 3 aromatic carbocycles. The fourth-order valence-electron chi connectivity index (χ4n) is 4.66. The van der Waals surface area contributed by atoms with Gasteiger partial charge in [0.05, 0.1) is 17.1 Å². The maximum Gasteiger partial charge on any atom is 0.573 e. The summed E-state index contributed by atoms with van der Waals surface area (Å²) in [4.78, 5) is 38.0. The van der Waals surface area contributed by atoms with E-state index in [2.05, 4.69) is 25.1 Å². The Hall–Kier alpha value is -4.85. The van der Waals surface area contributed by atoms with E-state index in [4.69, 9.17) is 0 Å². The summed E-state index contributed by atoms with van der Waals surface area (Å²) in [6.45, 7) is 5.91. The van der Waals surface area contributed by atoms with Crippen LogP contribution in [0.5, 0.6) is 5.75 Å². The quantitative estimate of drug-likeness (QED) is 0.233. The van der Waals surface area contributed by atoms with Crippen molar-refractivity contribution in [3.05, 3.63) is 78.1 Å². The predicted molar refractivity (Wildman–Crippen MR) is 169 cm³/mol. The highest BCUT2D eigenvalue weighted by Crippen LogP contribution is 2.36. The van der Waals surface area contributed by atoms with E-state index in [1.807, 2.05) is 58.0 Å². The SMILES string of the molecule is Cc1cc(-n2cnc(-c3ccc(OC(F)(F)F)cc3)n2)ccc1NC(=O)/N=C1\SCC(=O)N1c1cc(N(C)C)ccc1C(C)C. The van der Waals surface area contributed by atoms with Crippen LogP contribution in [0.25, 0.3) is 17.1 Å². The van der Waals surface area contributed by atoms with E-state index in [1.165, 1.54) is 51.9 Å². The number of hydrogen-bond acceptors (Lipinski definition) is 7. The number of hydrogen-bond donors (Lipinski definition) is 1. The molecule has 1 aliphatic heterocycles. The summed E-state index contributed by atoms with van der Waals surface area (Å²) >= 11 is 1.21. The molecule has 5 rings (SSSR count). The predicted octanol–water partition coefficient (Wildman–Crippen LogP) is 7.00. The summed E-state index contributed by atoms with van der Waals surface area (Å²) in [7, 11) is 3.84. The molecule has 1 aromatic heterocycles. The number of anilines is 3. The Morgan fingerprint density at radius 2 is 1.82 bits per heavy atom. The molecule has 0 saturated carbocycles. The second-order valence-electron chi connectivity index (χ2n) is 10.7. The van der Waals surface area contributed by atoms with E-state index in [0.717, 1.165) is 16.8 Å². The molecule has 0 spiro atoms. The van der Waals surface area contributed by atoms with E-state index in [-0.39, 0.29) is 23.3 Å². The largest absolute Gasteiger partial charge is 0.573 e. The van der Waals surface area contributed by atoms with Gasteiger partial charge in [0.15, 0.2) is 11.0 Å². The summed E-state index contributed by atoms with van der Waals surface area (Å²) in [6, 6.07) is 15.8. The first kappa shape index (κ1) is 31.6. The molecule has 10 nitrogen and oxygen atoms in total. The van der Waals surface area contributed by atoms with Gasteiger partial charge in [0.1, 0.15) is 12.1 Å². The molecule has 0 aliphatic carbocycles. The van der Waals surface area contributed by atoms with E-state index >= 15 is 0 Å². The fraction of sp³-hybridized carbons (Fsp3) is 0.258. The van der Waals surface area contributed by atoms with Crippen LogP contribution in [0.4, 0.5) is 35.0 Å². The fourth-order valence-corrected chi connectivity index (χ4v) is 5.52. The van der Waals surface area contributed by atoms with Crippen molar-refractivity contribution in [2.24, 2.45) is 4.99 Å². The Balaban J connectivity index is 1.32. The lowest BCUT2D eigenvalue weighted by molar-refractivity contribution is -0.274. The van der Waals surface area contributed by atoms with Gasteiger partial charge in [-0.1, -0.05) is 31.7 Å². The highest BCUT2D eigenvalue weighted by molar-refractivity contribution is 8.15. The Morgan fingerprint density at radius 1 is 1.09 bits per heavy atom. The zero-order chi connectivity index (χ0) is 32.5. The molecular formula is C31H30F3N7O3S. The Labute approximate surface area is 261 Å². The minimum absolute atomic E-state index is 0.144. The Morgan fingerprint density at radius 3 is 2.47 bits per heavy atom. The summed E-state index contributed by atoms with van der Waals surface area (Å²) in [5.41, 5.74) is 5.00. The minimum Gasteiger partial charge on any atom is -0.406 e. The number of aromatic nitrogens is 3. The number of ether oxygens (including phenoxy) is 1. The average Bonchev–Trinajstić information content (AvgIpc) is 3.60. The highest BCUT2D eigenvalue weighted by atomic mass is 32.2. The van der Waals surface area contributed by atoms with Gasteiger partial charge in [0, 0.05) is 31.0 Å². The molecule has 45 heavy (non-hydrogen) atoms. The number of amides is 3. The maximum absolute atomic E-state index is 13.1. The maximum atomic E-state index is 13.1. The van der Waals surface area contributed by atoms with Crippen LogP contribution in [0.1, 0.15) is 30.9 Å². The van der Waals surface area contributed by atoms with Crippen LogP contribution in [-0.2, 0) is 4.79 Å². The van der Waals surface area contributed by atoms with Crippen molar-refractivity contribution in [1.82, 2.24) is 14.8 Å². The molecule has 234 valence electrons. The molecule has 1 aliphatic rings. The second-order valence-corrected chi connectivity index (χ2v) is 11.7. The number of alkyl halides is 3. The number of nitrogens with one attached hydrogen (secondary N) is 1. The summed E-state index contributed by atoms with van der Waals surface area (Å²) in [6.07, 6.45) is -3.29. The van der Waals surface area contributed by atoms with Crippen molar-refractivity contribution in [2.45, 2.75) is 33.1 Å². The molecule has 3 amide bonds. The molecule has 0 unspecified atom stereocenters. The number of rotatable bonds is 7. The topological polar surface area (TPSA) is 105 Å². The molecule has 0 radical (unpaired) electrons. The normalized spacial score (nSPS) is 14.4. The minimum atomic E-state index is -4.78. The lowest BCUT2D eigenvalue weighted by Crippen LogP contribution is -2.31. The van der Waals surface area contributed by atoms with E-state index < -0.39 is 12.4 Å². The summed E-state index contributed by atoms with van der Waals surface area (Å²) in [5, 5.41) is 7.53. The molecule has 2 heterocycles. The van der Waals surface area contributed by atoms with Crippen molar-refractivity contribution >= 4 is 45.9 Å². The number of thioether (sulfide) groups is 1. The van der Waals surface area contributed by atoms with Crippen molar-refractivity contribution in [3.63, 3.8) is 0 Å². The van der Waals surface area contributed by atoms with Crippen LogP contribution in [0.3, 0.4) is 0 Å². The third kappa shape index (κ3) is 7.28. The lowest BCUT2D eigenvalue weighted by Gasteiger charge is -2.24. The number of benzene rings is 3. The highest BCUT2D eigenvalue weighted by Gasteiger charge is 2.33. The van der Waals surface area contributed by atoms with E-state index in [0.29, 0.717) is 33.6 Å². The molecule has 0 atom stereocenters. The number of urea groups is 1. The molecule has 1 fully saturated rings. The van der Waals surface area contributed by atoms with Gasteiger partial charge in [-0.15, -0.1) is 18.3 Å². The van der Waals surface area contributed by atoms with E-state index in [1.54, 1.807) is 18.2 Å². The standard InChI is InChI=1S/C31H30F3N7O3S/c1-18(2)24-12-8-21(39(4)5)15-26(24)41-27(42)16-45-30(41)37-29(43)36-25-13-9-22(14-19(25)3)40-17-35-28(38-40)20-6-10-23(11-7-20)44-31(32,33)34/h6-15,17-18H,16H2,1-5H3,(H,36,43)/b37-30-. The summed E-state index contributed by atoms with van der Waals surface area (Å²) < 4.78 is 42.8. The first-order valence-corrected chi connectivity index (χ1v) is 14.8. The van der Waals surface area contributed by atoms with Gasteiger partial charge in [-0.25, -0.2) is 14.5 Å². The van der Waals surface area contributed by atoms with Crippen LogP contribution in [0.2, 0.25) is 0 Å². The molecular weight excluding hydrogens is 607 g/mol. The smallest absolute Gasteiger partial charge is 0.406 e. The molecule has 1 N–H and O–H groups in total. The van der Waals surface area contributed by atoms with Crippen molar-refractivity contribution in [3.8, 4) is 22.8 Å². The lowest BCUT2D eigenvalue weighted by atomic mass is 9.99. The van der Waals surface area contributed by atoms with Crippen LogP contribution >= 0.6 is 11.8 Å². The van der Waals surface area contributed by atoms with Gasteiger partial charge in [-0.05, 0) is 78.6 Å². The van der Waals surface area contributed by atoms with Crippen molar-refractivity contribution < 1.29 is 27.5 Å². The monoisotopic (exact) mass is 637 g/mol. The van der Waals surface area contributed by atoms with E-state index in [9.17, 15) is 22.8 Å². The Bertz CT molecular complexity index is 1770. The zero-order valence-corrected chi connectivity index (χ0v) is 25.9. The molecule has 1 saturated heterocycles. The average molecular weight is 638 g/mol. The van der Waals surface area contributed by atoms with Crippen molar-refractivity contribution in [1.29, 1.82) is 0 Å². The van der Waals surface area contributed by atoms with Crippen LogP contribution in [0.15, 0.2) is 72.0 Å². The zero-order valence-electron chi connectivity index (χ0n) is 25.1. The number of nitrogens with zero attached hydrogens (tertiary/aromatic N) is 6. The van der Waals surface area contributed by atoms with Crippen LogP contribution in [0, 0.1) is 6.92 Å². The van der Waals surface area contributed by atoms with Gasteiger partial charge in [0.25, 0.3) is 0 Å². The van der Waals surface area contributed by atoms with Crippen LogP contribution < -0.4 is 19.9 Å². The third-order valence-corrected chi connectivity index (χ3v) is 7.83. The van der Waals surface area contributed by atoms with Gasteiger partial charge < -0.3 is 15.0 Å². The van der Waals surface area contributed by atoms with Crippen molar-refractivity contribution in [2.75, 3.05) is 35.0 Å². The number of amidine groups is 1. The number of carbonyl (C=O) groups is 2. The third-order valence-electron chi connectivity index (χ3n) is 6.91. The van der Waals surface area contributed by atoms with Gasteiger partial charge in [0.2, 0.25) is 5.91 Å². The molecule has 0 bridgehead atoms. The van der Waals surface area contributed by atoms with Gasteiger partial charge in [-0.2, -0.15) is 4.99 Å². The summed E-state index contributed by atoms with van der Waals surface area (Å²) in [5.74, 6) is 0.140. The second kappa shape index (κ2) is 12.6. The number of carbonyl (C=O) groups excluding carboxylic acids is 2. The first-order chi connectivity index (χ1) is 21.3. The number of halogens is 3. The van der Waals surface area contributed by atoms with Gasteiger partial charge in [-0.3, -0.25) is 9.69 Å². The molecule has 4 aromatic rings. The number of aryl methyl sites for hydroxylation is 1.